The minimum absolute atomic E-state index is 0.0330. The molecule has 4 rings (SSSR count). The van der Waals surface area contributed by atoms with Crippen LogP contribution >= 0.6 is 0 Å². The third kappa shape index (κ3) is 4.24. The number of halogens is 6. The normalized spacial score (nSPS) is 17.8. The number of aromatic hydroxyl groups is 1. The van der Waals surface area contributed by atoms with Crippen LogP contribution in [0.4, 0.5) is 32.3 Å². The molecule has 1 aromatic carbocycles. The molecule has 0 bridgehead atoms. The highest BCUT2D eigenvalue weighted by Gasteiger charge is 2.34. The molecule has 1 fully saturated rings. The third-order valence-corrected chi connectivity index (χ3v) is 5.08. The Morgan fingerprint density at radius 2 is 1.74 bits per heavy atom. The van der Waals surface area contributed by atoms with Crippen molar-refractivity contribution in [3.63, 3.8) is 0 Å². The van der Waals surface area contributed by atoms with E-state index in [1.54, 1.807) is 0 Å². The molecule has 3 aromatic rings. The van der Waals surface area contributed by atoms with Crippen molar-refractivity contribution in [2.75, 3.05) is 18.4 Å². The maximum absolute atomic E-state index is 13.5. The average molecular weight is 445 g/mol. The van der Waals surface area contributed by atoms with Crippen LogP contribution in [0.5, 0.6) is 5.75 Å². The number of aromatic nitrogens is 3. The maximum Gasteiger partial charge on any atom is 0.417 e. The summed E-state index contributed by atoms with van der Waals surface area (Å²) in [6.45, 7) is 1.44. The van der Waals surface area contributed by atoms with Crippen LogP contribution in [0.3, 0.4) is 0 Å². The van der Waals surface area contributed by atoms with Gasteiger partial charge in [-0.25, -0.2) is 0 Å². The molecule has 3 heterocycles. The SMILES string of the molecule is Oc1cc(C(F)(F)F)ccc1-c1cc(C(F)(F)F)cn2c(N[C@@H]3CCCNC3)nnc12. The van der Waals surface area contributed by atoms with Crippen molar-refractivity contribution in [1.29, 1.82) is 0 Å². The van der Waals surface area contributed by atoms with E-state index in [9.17, 15) is 31.4 Å². The van der Waals surface area contributed by atoms with Gasteiger partial charge in [-0.1, -0.05) is 0 Å². The Morgan fingerprint density at radius 1 is 1.00 bits per heavy atom. The molecule has 1 saturated heterocycles. The van der Waals surface area contributed by atoms with E-state index in [-0.39, 0.29) is 28.8 Å². The summed E-state index contributed by atoms with van der Waals surface area (Å²) in [6, 6.07) is 2.74. The van der Waals surface area contributed by atoms with Gasteiger partial charge in [-0.3, -0.25) is 4.40 Å². The number of nitrogens with one attached hydrogen (secondary N) is 2. The van der Waals surface area contributed by atoms with Crippen LogP contribution in [-0.2, 0) is 12.4 Å². The van der Waals surface area contributed by atoms with Gasteiger partial charge >= 0.3 is 12.4 Å². The van der Waals surface area contributed by atoms with E-state index in [0.717, 1.165) is 42.1 Å². The van der Waals surface area contributed by atoms with Gasteiger partial charge in [-0.2, -0.15) is 26.3 Å². The minimum Gasteiger partial charge on any atom is -0.507 e. The quantitative estimate of drug-likeness (QED) is 0.525. The van der Waals surface area contributed by atoms with Crippen molar-refractivity contribution in [2.45, 2.75) is 31.2 Å². The highest BCUT2D eigenvalue weighted by atomic mass is 19.4. The van der Waals surface area contributed by atoms with Crippen molar-refractivity contribution in [3.8, 4) is 16.9 Å². The lowest BCUT2D eigenvalue weighted by Crippen LogP contribution is -2.38. The van der Waals surface area contributed by atoms with Crippen LogP contribution < -0.4 is 10.6 Å². The molecule has 1 aliphatic rings. The number of alkyl halides is 6. The molecular weight excluding hydrogens is 428 g/mol. The van der Waals surface area contributed by atoms with E-state index in [1.165, 1.54) is 0 Å². The molecule has 0 spiro atoms. The molecule has 166 valence electrons. The Balaban J connectivity index is 1.85. The van der Waals surface area contributed by atoms with E-state index < -0.39 is 29.2 Å². The largest absolute Gasteiger partial charge is 0.507 e. The predicted octanol–water partition coefficient (Wildman–Crippen LogP) is 4.30. The molecule has 0 unspecified atom stereocenters. The number of phenols is 1. The molecular formula is C19H17F6N5O. The number of phenolic OH excluding ortho intramolecular Hbond substituents is 1. The predicted molar refractivity (Wildman–Crippen MR) is 99.6 cm³/mol. The van der Waals surface area contributed by atoms with E-state index in [4.69, 9.17) is 0 Å². The Bertz CT molecular complexity index is 1100. The fraction of sp³-hybridized carbons (Fsp3) is 0.368. The van der Waals surface area contributed by atoms with Crippen molar-refractivity contribution in [2.24, 2.45) is 0 Å². The number of rotatable bonds is 3. The molecule has 31 heavy (non-hydrogen) atoms. The lowest BCUT2D eigenvalue weighted by atomic mass is 10.0. The second-order valence-electron chi connectivity index (χ2n) is 7.27. The Kier molecular flexibility index (Phi) is 5.20. The van der Waals surface area contributed by atoms with Crippen molar-refractivity contribution in [1.82, 2.24) is 19.9 Å². The van der Waals surface area contributed by atoms with Gasteiger partial charge in [0.2, 0.25) is 5.95 Å². The summed E-state index contributed by atoms with van der Waals surface area (Å²) in [5.41, 5.74) is -2.62. The monoisotopic (exact) mass is 445 g/mol. The van der Waals surface area contributed by atoms with Gasteiger partial charge in [0.25, 0.3) is 0 Å². The summed E-state index contributed by atoms with van der Waals surface area (Å²) < 4.78 is 80.4. The van der Waals surface area contributed by atoms with Crippen LogP contribution in [0.2, 0.25) is 0 Å². The summed E-state index contributed by atoms with van der Waals surface area (Å²) >= 11 is 0. The number of anilines is 1. The van der Waals surface area contributed by atoms with Gasteiger partial charge in [0.05, 0.1) is 11.1 Å². The summed E-state index contributed by atoms with van der Waals surface area (Å²) in [6.07, 6.45) is -6.96. The van der Waals surface area contributed by atoms with Crippen LogP contribution in [0.25, 0.3) is 16.8 Å². The van der Waals surface area contributed by atoms with Crippen molar-refractivity contribution in [3.05, 3.63) is 41.6 Å². The molecule has 1 atom stereocenters. The highest BCUT2D eigenvalue weighted by molar-refractivity contribution is 5.82. The lowest BCUT2D eigenvalue weighted by molar-refractivity contribution is -0.138. The van der Waals surface area contributed by atoms with E-state index in [2.05, 4.69) is 20.8 Å². The molecule has 1 aliphatic heterocycles. The minimum atomic E-state index is -4.74. The molecule has 2 aromatic heterocycles. The first-order valence-electron chi connectivity index (χ1n) is 9.38. The van der Waals surface area contributed by atoms with Gasteiger partial charge in [-0.05, 0) is 43.7 Å². The van der Waals surface area contributed by atoms with Gasteiger partial charge in [0, 0.05) is 29.9 Å². The fourth-order valence-electron chi connectivity index (χ4n) is 3.54. The van der Waals surface area contributed by atoms with Gasteiger partial charge in [0.15, 0.2) is 5.65 Å². The molecule has 0 aliphatic carbocycles. The molecule has 0 radical (unpaired) electrons. The molecule has 0 amide bonds. The summed E-state index contributed by atoms with van der Waals surface area (Å²) in [7, 11) is 0. The lowest BCUT2D eigenvalue weighted by Gasteiger charge is -2.23. The number of hydrogen-bond donors (Lipinski definition) is 3. The second kappa shape index (κ2) is 7.59. The molecule has 0 saturated carbocycles. The number of pyridine rings is 1. The first-order chi connectivity index (χ1) is 14.5. The average Bonchev–Trinajstić information content (AvgIpc) is 3.10. The first-order valence-corrected chi connectivity index (χ1v) is 9.38. The van der Waals surface area contributed by atoms with Crippen LogP contribution in [0.15, 0.2) is 30.5 Å². The van der Waals surface area contributed by atoms with E-state index in [0.29, 0.717) is 18.7 Å². The molecule has 6 nitrogen and oxygen atoms in total. The number of piperidine rings is 1. The summed E-state index contributed by atoms with van der Waals surface area (Å²) in [4.78, 5) is 0. The zero-order chi connectivity index (χ0) is 22.4. The van der Waals surface area contributed by atoms with E-state index in [1.807, 2.05) is 0 Å². The molecule has 12 heteroatoms. The van der Waals surface area contributed by atoms with Crippen LogP contribution in [-0.4, -0.2) is 38.8 Å². The van der Waals surface area contributed by atoms with Crippen molar-refractivity contribution < 1.29 is 31.4 Å². The number of hydrogen-bond acceptors (Lipinski definition) is 5. The first kappa shape index (κ1) is 21.2. The smallest absolute Gasteiger partial charge is 0.417 e. The Morgan fingerprint density at radius 3 is 2.35 bits per heavy atom. The zero-order valence-electron chi connectivity index (χ0n) is 15.8. The Hall–Kier alpha value is -3.02. The maximum atomic E-state index is 13.5. The number of fused-ring (bicyclic) bond motifs is 1. The third-order valence-electron chi connectivity index (χ3n) is 5.08. The van der Waals surface area contributed by atoms with E-state index >= 15 is 0 Å². The topological polar surface area (TPSA) is 74.5 Å². The van der Waals surface area contributed by atoms with Gasteiger partial charge in [-0.15, -0.1) is 10.2 Å². The van der Waals surface area contributed by atoms with Gasteiger partial charge < -0.3 is 15.7 Å². The highest BCUT2D eigenvalue weighted by Crippen LogP contribution is 2.40. The van der Waals surface area contributed by atoms with Gasteiger partial charge in [0.1, 0.15) is 5.75 Å². The second-order valence-corrected chi connectivity index (χ2v) is 7.27. The fourth-order valence-corrected chi connectivity index (χ4v) is 3.54. The van der Waals surface area contributed by atoms with Crippen molar-refractivity contribution >= 4 is 11.6 Å². The Labute approximate surface area is 171 Å². The number of nitrogens with zero attached hydrogens (tertiary/aromatic N) is 3. The summed E-state index contributed by atoms with van der Waals surface area (Å²) in [5, 5.41) is 24.2. The van der Waals surface area contributed by atoms with Crippen LogP contribution in [0.1, 0.15) is 24.0 Å². The van der Waals surface area contributed by atoms with Crippen LogP contribution in [0, 0.1) is 0 Å². The standard InChI is InChI=1S/C19H17F6N5O/c20-18(21,22)10-3-4-13(15(31)7-10)14-6-11(19(23,24)25)9-30-16(14)28-29-17(30)27-12-2-1-5-26-8-12/h3-4,6-7,9,12,26,31H,1-2,5,8H2,(H,27,29)/t12-/m1/s1. The summed E-state index contributed by atoms with van der Waals surface area (Å²) in [5.74, 6) is -0.743. The number of benzene rings is 1. The molecule has 3 N–H and O–H groups in total. The zero-order valence-corrected chi connectivity index (χ0v) is 15.8.